The molecular weight excluding hydrogens is 387 g/mol. The van der Waals surface area contributed by atoms with E-state index in [0.29, 0.717) is 44.0 Å². The normalized spacial score (nSPS) is 14.6. The monoisotopic (exact) mass is 414 g/mol. The van der Waals surface area contributed by atoms with E-state index in [1.54, 1.807) is 36.2 Å². The molecule has 160 valence electrons. The van der Waals surface area contributed by atoms with Crippen molar-refractivity contribution in [2.45, 2.75) is 20.0 Å². The Balaban J connectivity index is 1.84. The van der Waals surface area contributed by atoms with Crippen molar-refractivity contribution < 1.29 is 18.7 Å². The van der Waals surface area contributed by atoms with Gasteiger partial charge in [0, 0.05) is 38.1 Å². The van der Waals surface area contributed by atoms with Crippen LogP contribution in [0.3, 0.4) is 0 Å². The maximum atomic E-state index is 13.9. The van der Waals surface area contributed by atoms with Gasteiger partial charge in [0.25, 0.3) is 0 Å². The van der Waals surface area contributed by atoms with Crippen molar-refractivity contribution in [3.63, 3.8) is 0 Å². The SMILES string of the molecule is CCOC(=O)c1ccnc(CN2CC(=O)N(CCN(C)C)c3ccc(F)cc3C2)c1. The van der Waals surface area contributed by atoms with Crippen LogP contribution in [0.1, 0.15) is 28.5 Å². The minimum atomic E-state index is -0.407. The summed E-state index contributed by atoms with van der Waals surface area (Å²) < 4.78 is 19.0. The highest BCUT2D eigenvalue weighted by atomic mass is 19.1. The van der Waals surface area contributed by atoms with Crippen molar-refractivity contribution in [3.05, 3.63) is 59.2 Å². The Bertz CT molecular complexity index is 919. The van der Waals surface area contributed by atoms with Crippen molar-refractivity contribution in [1.29, 1.82) is 0 Å². The maximum absolute atomic E-state index is 13.9. The Kier molecular flexibility index (Phi) is 7.12. The lowest BCUT2D eigenvalue weighted by molar-refractivity contribution is -0.119. The zero-order chi connectivity index (χ0) is 21.7. The summed E-state index contributed by atoms with van der Waals surface area (Å²) in [4.78, 5) is 35.0. The van der Waals surface area contributed by atoms with Gasteiger partial charge in [0.1, 0.15) is 5.82 Å². The van der Waals surface area contributed by atoms with E-state index in [2.05, 4.69) is 4.98 Å². The number of ether oxygens (including phenoxy) is 1. The molecule has 0 spiro atoms. The number of likely N-dealkylation sites (N-methyl/N-ethyl adjacent to an activating group) is 1. The number of carbonyl (C=O) groups excluding carboxylic acids is 2. The quantitative estimate of drug-likeness (QED) is 0.648. The highest BCUT2D eigenvalue weighted by Gasteiger charge is 2.27. The van der Waals surface area contributed by atoms with Gasteiger partial charge in [0.2, 0.25) is 5.91 Å². The van der Waals surface area contributed by atoms with Gasteiger partial charge in [-0.05, 0) is 56.9 Å². The summed E-state index contributed by atoms with van der Waals surface area (Å²) in [7, 11) is 3.89. The molecule has 0 saturated carbocycles. The molecule has 3 rings (SSSR count). The first kappa shape index (κ1) is 21.9. The Morgan fingerprint density at radius 3 is 2.77 bits per heavy atom. The van der Waals surface area contributed by atoms with Crippen LogP contribution in [0, 0.1) is 5.82 Å². The number of hydrogen-bond donors (Lipinski definition) is 0. The predicted octanol–water partition coefficient (Wildman–Crippen LogP) is 2.31. The summed E-state index contributed by atoms with van der Waals surface area (Å²) in [6, 6.07) is 7.80. The van der Waals surface area contributed by atoms with Crippen LogP contribution in [0.15, 0.2) is 36.5 Å². The molecule has 2 aromatic rings. The number of aromatic nitrogens is 1. The molecule has 0 aliphatic carbocycles. The van der Waals surface area contributed by atoms with Gasteiger partial charge in [0.05, 0.1) is 24.4 Å². The molecule has 0 N–H and O–H groups in total. The summed E-state index contributed by atoms with van der Waals surface area (Å²) in [5.41, 5.74) is 2.55. The number of anilines is 1. The summed E-state index contributed by atoms with van der Waals surface area (Å²) >= 11 is 0. The van der Waals surface area contributed by atoms with E-state index in [1.807, 2.05) is 23.9 Å². The third kappa shape index (κ3) is 5.40. The van der Waals surface area contributed by atoms with Crippen molar-refractivity contribution in [1.82, 2.24) is 14.8 Å². The first-order valence-corrected chi connectivity index (χ1v) is 9.95. The highest BCUT2D eigenvalue weighted by molar-refractivity contribution is 5.96. The van der Waals surface area contributed by atoms with Gasteiger partial charge >= 0.3 is 5.97 Å². The van der Waals surface area contributed by atoms with Gasteiger partial charge in [-0.25, -0.2) is 9.18 Å². The fraction of sp³-hybridized carbons (Fsp3) is 0.409. The number of fused-ring (bicyclic) bond motifs is 1. The Hall–Kier alpha value is -2.84. The first-order valence-electron chi connectivity index (χ1n) is 9.95. The average Bonchev–Trinajstić information content (AvgIpc) is 2.81. The number of hydrogen-bond acceptors (Lipinski definition) is 6. The van der Waals surface area contributed by atoms with Gasteiger partial charge in [-0.15, -0.1) is 0 Å². The molecule has 8 heteroatoms. The van der Waals surface area contributed by atoms with E-state index in [1.165, 1.54) is 12.1 Å². The number of carbonyl (C=O) groups is 2. The van der Waals surface area contributed by atoms with Crippen molar-refractivity contribution in [2.75, 3.05) is 45.2 Å². The Morgan fingerprint density at radius 1 is 1.23 bits per heavy atom. The molecular formula is C22H27FN4O3. The number of pyridine rings is 1. The lowest BCUT2D eigenvalue weighted by Gasteiger charge is -2.24. The Labute approximate surface area is 176 Å². The molecule has 0 radical (unpaired) electrons. The first-order chi connectivity index (χ1) is 14.4. The minimum Gasteiger partial charge on any atom is -0.462 e. The third-order valence-corrected chi connectivity index (χ3v) is 4.87. The molecule has 1 aromatic carbocycles. The van der Waals surface area contributed by atoms with Crippen LogP contribution in [-0.2, 0) is 22.6 Å². The molecule has 1 aliphatic heterocycles. The van der Waals surface area contributed by atoms with E-state index in [9.17, 15) is 14.0 Å². The highest BCUT2D eigenvalue weighted by Crippen LogP contribution is 2.27. The standard InChI is InChI=1S/C22H27FN4O3/c1-4-30-22(29)16-7-8-24-19(12-16)14-26-13-17-11-18(23)5-6-20(17)27(21(28)15-26)10-9-25(2)3/h5-8,11-12H,4,9-10,13-15H2,1-3H3. The lowest BCUT2D eigenvalue weighted by atomic mass is 10.1. The molecule has 1 aromatic heterocycles. The van der Waals surface area contributed by atoms with Crippen LogP contribution in [-0.4, -0.2) is 67.0 Å². The van der Waals surface area contributed by atoms with Crippen LogP contribution in [0.4, 0.5) is 10.1 Å². The second kappa shape index (κ2) is 9.77. The molecule has 0 bridgehead atoms. The molecule has 0 unspecified atom stereocenters. The summed E-state index contributed by atoms with van der Waals surface area (Å²) in [6.07, 6.45) is 1.55. The second-order valence-electron chi connectivity index (χ2n) is 7.52. The topological polar surface area (TPSA) is 66.0 Å². The predicted molar refractivity (Wildman–Crippen MR) is 112 cm³/mol. The van der Waals surface area contributed by atoms with E-state index >= 15 is 0 Å². The van der Waals surface area contributed by atoms with Gasteiger partial charge in [-0.3, -0.25) is 14.7 Å². The maximum Gasteiger partial charge on any atom is 0.338 e. The molecule has 2 heterocycles. The number of amides is 1. The van der Waals surface area contributed by atoms with Gasteiger partial charge in [0.15, 0.2) is 0 Å². The van der Waals surface area contributed by atoms with Crippen LogP contribution < -0.4 is 4.90 Å². The molecule has 30 heavy (non-hydrogen) atoms. The van der Waals surface area contributed by atoms with Gasteiger partial charge in [-0.1, -0.05) is 0 Å². The fourth-order valence-electron chi connectivity index (χ4n) is 3.44. The van der Waals surface area contributed by atoms with Crippen LogP contribution in [0.5, 0.6) is 0 Å². The van der Waals surface area contributed by atoms with Crippen molar-refractivity contribution in [2.24, 2.45) is 0 Å². The van der Waals surface area contributed by atoms with E-state index in [4.69, 9.17) is 4.74 Å². The Morgan fingerprint density at radius 2 is 2.03 bits per heavy atom. The number of rotatable bonds is 7. The lowest BCUT2D eigenvalue weighted by Crippen LogP contribution is -2.40. The molecule has 1 aliphatic rings. The molecule has 0 saturated heterocycles. The minimum absolute atomic E-state index is 0.0521. The average molecular weight is 414 g/mol. The van der Waals surface area contributed by atoms with Crippen LogP contribution in [0.2, 0.25) is 0 Å². The molecule has 0 fully saturated rings. The molecule has 0 atom stereocenters. The second-order valence-corrected chi connectivity index (χ2v) is 7.52. The zero-order valence-electron chi connectivity index (χ0n) is 17.6. The number of halogens is 1. The van der Waals surface area contributed by atoms with E-state index < -0.39 is 5.97 Å². The van der Waals surface area contributed by atoms with Crippen LogP contribution >= 0.6 is 0 Å². The molecule has 7 nitrogen and oxygen atoms in total. The summed E-state index contributed by atoms with van der Waals surface area (Å²) in [5.74, 6) is -0.794. The zero-order valence-corrected chi connectivity index (χ0v) is 17.6. The smallest absolute Gasteiger partial charge is 0.338 e. The van der Waals surface area contributed by atoms with Crippen molar-refractivity contribution in [3.8, 4) is 0 Å². The molecule has 1 amide bonds. The van der Waals surface area contributed by atoms with Crippen molar-refractivity contribution >= 4 is 17.6 Å². The van der Waals surface area contributed by atoms with E-state index in [0.717, 1.165) is 11.3 Å². The third-order valence-electron chi connectivity index (χ3n) is 4.87. The fourth-order valence-corrected chi connectivity index (χ4v) is 3.44. The van der Waals surface area contributed by atoms with Gasteiger partial charge < -0.3 is 14.5 Å². The summed E-state index contributed by atoms with van der Waals surface area (Å²) in [5, 5.41) is 0. The number of nitrogens with zero attached hydrogens (tertiary/aromatic N) is 4. The van der Waals surface area contributed by atoms with E-state index in [-0.39, 0.29) is 18.3 Å². The largest absolute Gasteiger partial charge is 0.462 e. The summed E-state index contributed by atoms with van der Waals surface area (Å²) in [6.45, 7) is 4.21. The van der Waals surface area contributed by atoms with Crippen LogP contribution in [0.25, 0.3) is 0 Å². The number of benzene rings is 1. The van der Waals surface area contributed by atoms with Gasteiger partial charge in [-0.2, -0.15) is 0 Å². The number of esters is 1.